The molecule has 3 aromatic rings. The minimum absolute atomic E-state index is 0.00797. The van der Waals surface area contributed by atoms with E-state index >= 15 is 0 Å². The fraction of sp³-hybridized carbons (Fsp3) is 0.0526. The predicted octanol–water partition coefficient (Wildman–Crippen LogP) is 5.89. The van der Waals surface area contributed by atoms with E-state index < -0.39 is 20.6 Å². The Morgan fingerprint density at radius 2 is 1.28 bits per heavy atom. The molecule has 10 heteroatoms. The molecule has 0 radical (unpaired) electrons. The summed E-state index contributed by atoms with van der Waals surface area (Å²) in [5, 5.41) is 20.1. The van der Waals surface area contributed by atoms with E-state index in [1.165, 1.54) is 48.5 Å². The molecule has 0 saturated heterocycles. The fourth-order valence-corrected chi connectivity index (χ4v) is 5.31. The third-order valence-corrected chi connectivity index (χ3v) is 7.40. The van der Waals surface area contributed by atoms with Crippen LogP contribution in [-0.4, -0.2) is 23.2 Å². The van der Waals surface area contributed by atoms with Crippen molar-refractivity contribution in [2.75, 3.05) is 0 Å². The Balaban J connectivity index is 2.61. The van der Waals surface area contributed by atoms with Gasteiger partial charge in [0.05, 0.1) is 20.1 Å². The lowest BCUT2D eigenvalue weighted by molar-refractivity contribution is 0.440. The molecule has 0 aliphatic carbocycles. The molecule has 0 saturated carbocycles. The van der Waals surface area contributed by atoms with Crippen LogP contribution < -0.4 is 0 Å². The van der Waals surface area contributed by atoms with E-state index in [1.54, 1.807) is 0 Å². The van der Waals surface area contributed by atoms with Gasteiger partial charge in [-0.1, -0.05) is 64.6 Å². The van der Waals surface area contributed by atoms with E-state index in [4.69, 9.17) is 46.4 Å². The zero-order valence-electron chi connectivity index (χ0n) is 14.3. The lowest BCUT2D eigenvalue weighted by Crippen LogP contribution is -2.38. The van der Waals surface area contributed by atoms with Crippen molar-refractivity contribution in [3.05, 3.63) is 91.4 Å². The first kappa shape index (κ1) is 22.0. The Hall–Kier alpha value is -1.67. The maximum absolute atomic E-state index is 13.0. The highest BCUT2D eigenvalue weighted by atomic mass is 35.5. The number of halogens is 4. The molecule has 3 aromatic carbocycles. The van der Waals surface area contributed by atoms with Gasteiger partial charge in [-0.2, -0.15) is 8.42 Å². The minimum atomic E-state index is -5.08. The van der Waals surface area contributed by atoms with E-state index in [9.17, 15) is 23.2 Å². The largest absolute Gasteiger partial charge is 0.508 e. The Labute approximate surface area is 186 Å². The Bertz CT molecular complexity index is 1200. The first-order valence-electron chi connectivity index (χ1n) is 7.89. The SMILES string of the molecule is O=S(=O)(O)C(c1ccc(O)cc1)(c1ccc(Cl)c(Cl)c1)c1c(O)ccc(Cl)c1Cl. The van der Waals surface area contributed by atoms with Crippen LogP contribution in [0.5, 0.6) is 11.5 Å². The second-order valence-corrected chi connectivity index (χ2v) is 9.25. The van der Waals surface area contributed by atoms with Gasteiger partial charge in [0, 0.05) is 5.56 Å². The van der Waals surface area contributed by atoms with E-state index in [1.807, 2.05) is 0 Å². The van der Waals surface area contributed by atoms with Crippen LogP contribution in [0.25, 0.3) is 0 Å². The fourth-order valence-electron chi connectivity index (χ4n) is 3.17. The molecule has 0 aromatic heterocycles. The smallest absolute Gasteiger partial charge is 0.283 e. The van der Waals surface area contributed by atoms with Crippen molar-refractivity contribution in [1.82, 2.24) is 0 Å². The van der Waals surface area contributed by atoms with Gasteiger partial charge in [-0.3, -0.25) is 4.55 Å². The zero-order chi connectivity index (χ0) is 21.6. The Kier molecular flexibility index (Phi) is 5.98. The van der Waals surface area contributed by atoms with Gasteiger partial charge >= 0.3 is 0 Å². The summed E-state index contributed by atoms with van der Waals surface area (Å²) in [5.41, 5.74) is -0.464. The Morgan fingerprint density at radius 3 is 1.83 bits per heavy atom. The molecule has 0 bridgehead atoms. The second kappa shape index (κ2) is 7.87. The summed E-state index contributed by atoms with van der Waals surface area (Å²) in [4.78, 5) is 0. The van der Waals surface area contributed by atoms with Crippen molar-refractivity contribution in [3.8, 4) is 11.5 Å². The minimum Gasteiger partial charge on any atom is -0.508 e. The maximum atomic E-state index is 13.0. The summed E-state index contributed by atoms with van der Waals surface area (Å²) >= 11 is 24.5. The molecule has 0 aliphatic heterocycles. The molecule has 1 atom stereocenters. The number of rotatable bonds is 4. The molecule has 152 valence electrons. The maximum Gasteiger partial charge on any atom is 0.283 e. The summed E-state index contributed by atoms with van der Waals surface area (Å²) in [6.45, 7) is 0. The average Bonchev–Trinajstić information content (AvgIpc) is 2.64. The van der Waals surface area contributed by atoms with Gasteiger partial charge in [0.2, 0.25) is 0 Å². The first-order chi connectivity index (χ1) is 13.5. The van der Waals surface area contributed by atoms with Gasteiger partial charge in [0.1, 0.15) is 11.5 Å². The summed E-state index contributed by atoms with van der Waals surface area (Å²) in [6, 6.07) is 11.3. The van der Waals surface area contributed by atoms with Gasteiger partial charge in [0.25, 0.3) is 10.1 Å². The molecule has 3 rings (SSSR count). The van der Waals surface area contributed by atoms with Crippen molar-refractivity contribution in [1.29, 1.82) is 0 Å². The van der Waals surface area contributed by atoms with E-state index in [0.717, 1.165) is 6.07 Å². The monoisotopic (exact) mass is 492 g/mol. The van der Waals surface area contributed by atoms with Crippen molar-refractivity contribution < 1.29 is 23.2 Å². The van der Waals surface area contributed by atoms with E-state index in [2.05, 4.69) is 0 Å². The van der Waals surface area contributed by atoms with Gasteiger partial charge in [-0.05, 0) is 47.5 Å². The number of hydrogen-bond acceptors (Lipinski definition) is 4. The van der Waals surface area contributed by atoms with Gasteiger partial charge in [0.15, 0.2) is 4.75 Å². The first-order valence-corrected chi connectivity index (χ1v) is 10.8. The summed E-state index contributed by atoms with van der Waals surface area (Å²) in [7, 11) is -5.08. The van der Waals surface area contributed by atoms with Crippen LogP contribution in [0, 0.1) is 0 Å². The van der Waals surface area contributed by atoms with Gasteiger partial charge < -0.3 is 10.2 Å². The topological polar surface area (TPSA) is 94.8 Å². The second-order valence-electron chi connectivity index (χ2n) is 6.09. The third kappa shape index (κ3) is 3.65. The molecule has 0 amide bonds. The highest BCUT2D eigenvalue weighted by Crippen LogP contribution is 2.52. The van der Waals surface area contributed by atoms with Crippen molar-refractivity contribution in [2.24, 2.45) is 0 Å². The highest BCUT2D eigenvalue weighted by Gasteiger charge is 2.51. The predicted molar refractivity (Wildman–Crippen MR) is 114 cm³/mol. The van der Waals surface area contributed by atoms with Crippen LogP contribution in [0.15, 0.2) is 54.6 Å². The molecule has 29 heavy (non-hydrogen) atoms. The van der Waals surface area contributed by atoms with Crippen LogP contribution in [0.2, 0.25) is 20.1 Å². The molecule has 3 N–H and O–H groups in total. The van der Waals surface area contributed by atoms with Crippen molar-refractivity contribution in [3.63, 3.8) is 0 Å². The number of phenols is 2. The van der Waals surface area contributed by atoms with E-state index in [-0.39, 0.29) is 42.5 Å². The van der Waals surface area contributed by atoms with Gasteiger partial charge in [-0.25, -0.2) is 0 Å². The lowest BCUT2D eigenvalue weighted by Gasteiger charge is -2.34. The van der Waals surface area contributed by atoms with Crippen LogP contribution in [0.4, 0.5) is 0 Å². The standard InChI is InChI=1S/C19H12Cl4O5S/c20-13-6-3-11(9-15(13)22)19(29(26,27)28,10-1-4-12(24)5-2-10)17-16(25)8-7-14(21)18(17)23/h1-9,24-25H,(H,26,27,28). The quantitative estimate of drug-likeness (QED) is 0.311. The van der Waals surface area contributed by atoms with Crippen LogP contribution in [0.3, 0.4) is 0 Å². The van der Waals surface area contributed by atoms with Gasteiger partial charge in [-0.15, -0.1) is 0 Å². The molecule has 0 spiro atoms. The molecule has 0 heterocycles. The van der Waals surface area contributed by atoms with Crippen molar-refractivity contribution in [2.45, 2.75) is 4.75 Å². The molecular formula is C19H12Cl4O5S. The van der Waals surface area contributed by atoms with E-state index in [0.29, 0.717) is 0 Å². The summed E-state index contributed by atoms with van der Waals surface area (Å²) in [6.07, 6.45) is 0. The highest BCUT2D eigenvalue weighted by molar-refractivity contribution is 7.87. The van der Waals surface area contributed by atoms with Crippen LogP contribution >= 0.6 is 46.4 Å². The number of benzene rings is 3. The molecule has 5 nitrogen and oxygen atoms in total. The molecule has 0 aliphatic rings. The van der Waals surface area contributed by atoms with Crippen molar-refractivity contribution >= 4 is 56.5 Å². The Morgan fingerprint density at radius 1 is 0.724 bits per heavy atom. The number of phenolic OH excluding ortho intramolecular Hbond substituents is 2. The number of aromatic hydroxyl groups is 2. The lowest BCUT2D eigenvalue weighted by atomic mass is 9.83. The molecule has 1 unspecified atom stereocenters. The number of hydrogen-bond donors (Lipinski definition) is 3. The van der Waals surface area contributed by atoms with Crippen LogP contribution in [-0.2, 0) is 14.9 Å². The zero-order valence-corrected chi connectivity index (χ0v) is 18.1. The molecular weight excluding hydrogens is 482 g/mol. The molecule has 0 fully saturated rings. The average molecular weight is 494 g/mol. The summed E-state index contributed by atoms with van der Waals surface area (Å²) < 4.78 is 34.0. The normalized spacial score (nSPS) is 13.8. The van der Waals surface area contributed by atoms with Crippen LogP contribution in [0.1, 0.15) is 16.7 Å². The summed E-state index contributed by atoms with van der Waals surface area (Å²) in [5.74, 6) is -0.676. The third-order valence-electron chi connectivity index (χ3n) is 4.41.